The molecule has 322 valence electrons. The number of ether oxygens (including phenoxy) is 4. The van der Waals surface area contributed by atoms with E-state index in [4.69, 9.17) is 28.8 Å². The van der Waals surface area contributed by atoms with Crippen molar-refractivity contribution in [3.05, 3.63) is 0 Å². The molecule has 0 radical (unpaired) electrons. The van der Waals surface area contributed by atoms with E-state index in [1.165, 1.54) is 0 Å². The van der Waals surface area contributed by atoms with Crippen LogP contribution < -0.4 is 16.0 Å². The van der Waals surface area contributed by atoms with E-state index in [1.807, 2.05) is 25.7 Å². The summed E-state index contributed by atoms with van der Waals surface area (Å²) in [6, 6.07) is 0.600. The lowest BCUT2D eigenvalue weighted by Gasteiger charge is -2.53. The van der Waals surface area contributed by atoms with Crippen LogP contribution in [-0.2, 0) is 28.5 Å². The number of piperidine rings is 2. The highest BCUT2D eigenvalue weighted by Gasteiger charge is 2.58. The number of carboxylic acids is 1. The Morgan fingerprint density at radius 3 is 1.53 bits per heavy atom. The van der Waals surface area contributed by atoms with Gasteiger partial charge in [0.25, 0.3) is 5.97 Å². The molecule has 17 nitrogen and oxygen atoms in total. The lowest BCUT2D eigenvalue weighted by atomic mass is 9.63. The molecular formula is C40H66N6O11. The molecule has 0 aromatic carbocycles. The summed E-state index contributed by atoms with van der Waals surface area (Å²) in [6.07, 6.45) is 8.32. The summed E-state index contributed by atoms with van der Waals surface area (Å²) >= 11 is 0. The van der Waals surface area contributed by atoms with Gasteiger partial charge in [0.15, 0.2) is 0 Å². The number of nitrogens with one attached hydrogen (secondary N) is 3. The second kappa shape index (κ2) is 17.2. The Hall–Kier alpha value is -3.86. The molecule has 2 saturated carbocycles. The molecule has 8 fully saturated rings. The van der Waals surface area contributed by atoms with Crippen molar-refractivity contribution >= 4 is 36.1 Å². The summed E-state index contributed by atoms with van der Waals surface area (Å²) < 4.78 is 21.2. The minimum atomic E-state index is -0.833. The van der Waals surface area contributed by atoms with Crippen molar-refractivity contribution in [1.82, 2.24) is 30.7 Å². The lowest BCUT2D eigenvalue weighted by molar-refractivity contribution is -0.134. The predicted octanol–water partition coefficient (Wildman–Crippen LogP) is 4.27. The molecule has 6 aliphatic heterocycles. The zero-order valence-corrected chi connectivity index (χ0v) is 35.1. The van der Waals surface area contributed by atoms with Crippen LogP contribution >= 0.6 is 0 Å². The number of Topliss-reactive ketones (excluding diaryl/α,β-unsaturated/α-hetero) is 1. The van der Waals surface area contributed by atoms with Crippen molar-refractivity contribution < 1.29 is 52.8 Å². The Morgan fingerprint density at radius 2 is 1.12 bits per heavy atom. The largest absolute Gasteiger partial charge is 0.481 e. The van der Waals surface area contributed by atoms with Crippen molar-refractivity contribution in [3.63, 3.8) is 0 Å². The van der Waals surface area contributed by atoms with Crippen LogP contribution in [0.4, 0.5) is 19.2 Å². The quantitative estimate of drug-likeness (QED) is 0.295. The van der Waals surface area contributed by atoms with Gasteiger partial charge >= 0.3 is 24.4 Å². The Labute approximate surface area is 336 Å². The third-order valence-electron chi connectivity index (χ3n) is 13.6. The monoisotopic (exact) mass is 806 g/mol. The SMILES string of the molecule is CC(=O)O.CC1(C)NC(=O)OC12CCNCC2.CCOC(=O)N1CCC2(CC(=O)C2)C1.CCOC(=O)N1CCC2(CC(N3CCC4(CC3)OC(=O)NC4(C)C)C2)C1. The van der Waals surface area contributed by atoms with Crippen molar-refractivity contribution in [3.8, 4) is 0 Å². The van der Waals surface area contributed by atoms with Gasteiger partial charge in [-0.05, 0) is 85.7 Å². The zero-order chi connectivity index (χ0) is 41.9. The van der Waals surface area contributed by atoms with E-state index in [2.05, 4.69) is 34.7 Å². The summed E-state index contributed by atoms with van der Waals surface area (Å²) in [4.78, 5) is 72.3. The van der Waals surface area contributed by atoms with Gasteiger partial charge in [0, 0.05) is 96.2 Å². The van der Waals surface area contributed by atoms with Crippen molar-refractivity contribution in [2.75, 3.05) is 65.6 Å². The molecule has 0 aromatic heterocycles. The van der Waals surface area contributed by atoms with Gasteiger partial charge in [0.2, 0.25) is 0 Å². The number of ketones is 1. The predicted molar refractivity (Wildman–Crippen MR) is 208 cm³/mol. The number of aliphatic carboxylic acids is 1. The molecule has 0 unspecified atom stereocenters. The van der Waals surface area contributed by atoms with Gasteiger partial charge in [-0.25, -0.2) is 19.2 Å². The smallest absolute Gasteiger partial charge is 0.409 e. The standard InChI is InChI=1S/C19H31N3O4.C10H15NO3.C9H16N2O2.C2H4O2/c1-4-25-16(24)22-8-5-18(13-22)11-14(12-18)21-9-6-19(7-10-21)17(2,3)20-15(23)26-19;1-2-14-9(13)11-4-3-10(7-11)5-8(12)6-10;1-8(2)9(13-7(12)11-8)3-5-10-6-4-9;1-2(3)4/h14H,4-13H2,1-3H3,(H,20,23);2-7H2,1H3;10H,3-6H2,1-2H3,(H,11,12);1H3,(H,3,4). The van der Waals surface area contributed by atoms with Crippen molar-refractivity contribution in [2.45, 2.75) is 141 Å². The molecule has 0 bridgehead atoms. The number of hydrogen-bond acceptors (Lipinski definition) is 12. The van der Waals surface area contributed by atoms with Gasteiger partial charge in [-0.3, -0.25) is 9.59 Å². The third kappa shape index (κ3) is 9.72. The second-order valence-electron chi connectivity index (χ2n) is 18.3. The third-order valence-corrected chi connectivity index (χ3v) is 13.6. The van der Waals surface area contributed by atoms with E-state index < -0.39 is 5.97 Å². The fourth-order valence-electron chi connectivity index (χ4n) is 10.2. The summed E-state index contributed by atoms with van der Waals surface area (Å²) in [6.45, 7) is 20.7. The number of carbonyl (C=O) groups is 6. The first-order chi connectivity index (χ1) is 26.7. The Bertz CT molecular complexity index is 1500. The fourth-order valence-corrected chi connectivity index (χ4v) is 10.2. The molecule has 0 atom stereocenters. The summed E-state index contributed by atoms with van der Waals surface area (Å²) in [5.41, 5.74) is -0.767. The topological polar surface area (TPSA) is 205 Å². The van der Waals surface area contributed by atoms with Crippen LogP contribution in [0.1, 0.15) is 113 Å². The maximum absolute atomic E-state index is 11.9. The Kier molecular flexibility index (Phi) is 13.3. The fraction of sp³-hybridized carbons (Fsp3) is 0.850. The van der Waals surface area contributed by atoms with Crippen LogP contribution in [0.3, 0.4) is 0 Å². The number of carboxylic acid groups (broad SMARTS) is 1. The number of likely N-dealkylation sites (tertiary alicyclic amines) is 3. The molecule has 8 aliphatic rings. The molecule has 6 saturated heterocycles. The lowest BCUT2D eigenvalue weighted by Crippen LogP contribution is -2.61. The molecule has 17 heteroatoms. The highest BCUT2D eigenvalue weighted by molar-refractivity contribution is 5.86. The molecule has 2 aliphatic carbocycles. The Balaban J connectivity index is 0.000000169. The minimum Gasteiger partial charge on any atom is -0.481 e. The number of rotatable bonds is 3. The van der Waals surface area contributed by atoms with Crippen LogP contribution in [0.5, 0.6) is 0 Å². The van der Waals surface area contributed by atoms with E-state index in [0.717, 1.165) is 104 Å². The first-order valence-corrected chi connectivity index (χ1v) is 20.7. The summed E-state index contributed by atoms with van der Waals surface area (Å²) in [5, 5.41) is 16.5. The van der Waals surface area contributed by atoms with E-state index in [0.29, 0.717) is 49.8 Å². The maximum Gasteiger partial charge on any atom is 0.409 e. The van der Waals surface area contributed by atoms with E-state index in [1.54, 1.807) is 11.8 Å². The average Bonchev–Trinajstić information content (AvgIpc) is 3.84. The number of alkyl carbamates (subject to hydrolysis) is 2. The van der Waals surface area contributed by atoms with Crippen LogP contribution in [0.15, 0.2) is 0 Å². The average molecular weight is 807 g/mol. The maximum atomic E-state index is 11.9. The zero-order valence-electron chi connectivity index (χ0n) is 35.1. The number of hydrogen-bond donors (Lipinski definition) is 4. The highest BCUT2D eigenvalue weighted by atomic mass is 16.6. The molecule has 0 aromatic rings. The van der Waals surface area contributed by atoms with Gasteiger partial charge in [0.05, 0.1) is 24.3 Å². The summed E-state index contributed by atoms with van der Waals surface area (Å²) in [5.74, 6) is -0.504. The number of amides is 4. The molecule has 4 spiro atoms. The van der Waals surface area contributed by atoms with Gasteiger partial charge in [-0.1, -0.05) is 0 Å². The number of nitrogens with zero attached hydrogens (tertiary/aromatic N) is 3. The molecule has 57 heavy (non-hydrogen) atoms. The number of carbonyl (C=O) groups excluding carboxylic acids is 5. The minimum absolute atomic E-state index is 0.115. The normalized spacial score (nSPS) is 29.2. The van der Waals surface area contributed by atoms with Gasteiger partial charge in [0.1, 0.15) is 17.0 Å². The first kappa shape index (κ1) is 44.2. The molecular weight excluding hydrogens is 740 g/mol. The van der Waals surface area contributed by atoms with Gasteiger partial charge < -0.3 is 54.7 Å². The van der Waals surface area contributed by atoms with Gasteiger partial charge in [-0.15, -0.1) is 0 Å². The van der Waals surface area contributed by atoms with Crippen LogP contribution in [0.25, 0.3) is 0 Å². The van der Waals surface area contributed by atoms with Gasteiger partial charge in [-0.2, -0.15) is 0 Å². The highest BCUT2D eigenvalue weighted by Crippen LogP contribution is 2.52. The second-order valence-corrected chi connectivity index (χ2v) is 18.3. The molecule has 6 heterocycles. The Morgan fingerprint density at radius 1 is 0.702 bits per heavy atom. The van der Waals surface area contributed by atoms with Crippen LogP contribution in [0, 0.1) is 10.8 Å². The van der Waals surface area contributed by atoms with E-state index in [9.17, 15) is 24.0 Å². The van der Waals surface area contributed by atoms with Crippen molar-refractivity contribution in [2.24, 2.45) is 10.8 Å². The van der Waals surface area contributed by atoms with Crippen LogP contribution in [-0.4, -0.2) is 150 Å². The molecule has 4 N–H and O–H groups in total. The van der Waals surface area contributed by atoms with Crippen LogP contribution in [0.2, 0.25) is 0 Å². The molecule has 8 rings (SSSR count). The molecule has 4 amide bonds. The van der Waals surface area contributed by atoms with E-state index >= 15 is 0 Å². The first-order valence-electron chi connectivity index (χ1n) is 20.7. The summed E-state index contributed by atoms with van der Waals surface area (Å²) in [7, 11) is 0. The van der Waals surface area contributed by atoms with E-state index in [-0.39, 0.29) is 52.1 Å². The van der Waals surface area contributed by atoms with Crippen molar-refractivity contribution in [1.29, 1.82) is 0 Å².